The fourth-order valence-electron chi connectivity index (χ4n) is 2.38. The van der Waals surface area contributed by atoms with Crippen LogP contribution in [0.2, 0.25) is 0 Å². The largest absolute Gasteiger partial charge is 0.384 e. The molecule has 1 heterocycles. The van der Waals surface area contributed by atoms with Gasteiger partial charge in [-0.3, -0.25) is 0 Å². The van der Waals surface area contributed by atoms with E-state index in [1.54, 1.807) is 0 Å². The van der Waals surface area contributed by atoms with Crippen LogP contribution in [0, 0.1) is 0 Å². The number of hydrogen-bond acceptors (Lipinski definition) is 2. The molecule has 0 aliphatic heterocycles. The second kappa shape index (κ2) is 3.51. The second-order valence-corrected chi connectivity index (χ2v) is 5.43. The Bertz CT molecular complexity index is 400. The van der Waals surface area contributed by atoms with Gasteiger partial charge in [0.15, 0.2) is 0 Å². The molecule has 3 rings (SSSR count). The zero-order chi connectivity index (χ0) is 11.3. The van der Waals surface area contributed by atoms with Crippen molar-refractivity contribution in [2.75, 3.05) is 5.73 Å². The number of hydrogen-bond donors (Lipinski definition) is 1. The summed E-state index contributed by atoms with van der Waals surface area (Å²) in [6.07, 6.45) is 6.32. The molecule has 3 heteroatoms. The van der Waals surface area contributed by atoms with E-state index in [-0.39, 0.29) is 0 Å². The van der Waals surface area contributed by atoms with Crippen molar-refractivity contribution in [3.63, 3.8) is 0 Å². The van der Waals surface area contributed by atoms with Gasteiger partial charge >= 0.3 is 0 Å². The van der Waals surface area contributed by atoms with E-state index < -0.39 is 0 Å². The summed E-state index contributed by atoms with van der Waals surface area (Å²) in [5.41, 5.74) is 7.44. The maximum Gasteiger partial charge on any atom is 0.127 e. The highest BCUT2D eigenvalue weighted by Crippen LogP contribution is 2.47. The summed E-state index contributed by atoms with van der Waals surface area (Å²) >= 11 is 0. The molecule has 88 valence electrons. The normalized spacial score (nSPS) is 22.4. The molecule has 0 spiro atoms. The van der Waals surface area contributed by atoms with Crippen molar-refractivity contribution in [1.29, 1.82) is 0 Å². The van der Waals surface area contributed by atoms with Gasteiger partial charge in [0.25, 0.3) is 0 Å². The van der Waals surface area contributed by atoms with E-state index in [2.05, 4.69) is 18.4 Å². The Morgan fingerprint density at radius 2 is 2.06 bits per heavy atom. The molecule has 16 heavy (non-hydrogen) atoms. The Morgan fingerprint density at radius 3 is 2.56 bits per heavy atom. The molecule has 0 radical (unpaired) electrons. The summed E-state index contributed by atoms with van der Waals surface area (Å²) in [7, 11) is 0. The molecular weight excluding hydrogens is 198 g/mol. The molecule has 2 aliphatic carbocycles. The lowest BCUT2D eigenvalue weighted by atomic mass is 10.1. The molecule has 1 unspecified atom stereocenters. The van der Waals surface area contributed by atoms with Gasteiger partial charge in [0.2, 0.25) is 0 Å². The van der Waals surface area contributed by atoms with Crippen LogP contribution in [0.5, 0.6) is 0 Å². The first-order valence-electron chi connectivity index (χ1n) is 6.59. The molecule has 2 aliphatic rings. The summed E-state index contributed by atoms with van der Waals surface area (Å²) in [5, 5.41) is 0. The third-order valence-corrected chi connectivity index (χ3v) is 3.94. The molecule has 0 bridgehead atoms. The lowest BCUT2D eigenvalue weighted by molar-refractivity contribution is 0.691. The predicted octanol–water partition coefficient (Wildman–Crippen LogP) is 3.19. The summed E-state index contributed by atoms with van der Waals surface area (Å²) in [6, 6.07) is 0.668. The number of rotatable bonds is 4. The minimum atomic E-state index is 0.498. The molecule has 3 nitrogen and oxygen atoms in total. The van der Waals surface area contributed by atoms with Crippen LogP contribution in [0.15, 0.2) is 0 Å². The SMILES string of the molecule is CCC(C)c1nc(C2CC2)n(C2CC2)c1N. The Labute approximate surface area is 97.0 Å². The first kappa shape index (κ1) is 10.2. The first-order chi connectivity index (χ1) is 7.72. The Kier molecular flexibility index (Phi) is 2.23. The van der Waals surface area contributed by atoms with E-state index in [1.807, 2.05) is 0 Å². The van der Waals surface area contributed by atoms with E-state index in [0.717, 1.165) is 17.9 Å². The number of aromatic nitrogens is 2. The molecule has 2 N–H and O–H groups in total. The lowest BCUT2D eigenvalue weighted by Gasteiger charge is -2.08. The number of imidazole rings is 1. The van der Waals surface area contributed by atoms with Crippen LogP contribution in [0.4, 0.5) is 5.82 Å². The van der Waals surface area contributed by atoms with Crippen LogP contribution < -0.4 is 5.73 Å². The highest BCUT2D eigenvalue weighted by molar-refractivity contribution is 5.43. The third kappa shape index (κ3) is 1.53. The van der Waals surface area contributed by atoms with E-state index >= 15 is 0 Å². The van der Waals surface area contributed by atoms with Crippen LogP contribution in [-0.2, 0) is 0 Å². The number of nitrogens with zero attached hydrogens (tertiary/aromatic N) is 2. The van der Waals surface area contributed by atoms with E-state index in [1.165, 1.54) is 31.5 Å². The number of nitrogens with two attached hydrogens (primary N) is 1. The van der Waals surface area contributed by atoms with Crippen molar-refractivity contribution >= 4 is 5.82 Å². The highest BCUT2D eigenvalue weighted by Gasteiger charge is 2.36. The van der Waals surface area contributed by atoms with Crippen LogP contribution in [0.1, 0.15) is 75.3 Å². The fraction of sp³-hybridized carbons (Fsp3) is 0.769. The minimum absolute atomic E-state index is 0.498. The lowest BCUT2D eigenvalue weighted by Crippen LogP contribution is -2.05. The van der Waals surface area contributed by atoms with Crippen molar-refractivity contribution in [3.05, 3.63) is 11.5 Å². The Hall–Kier alpha value is -0.990. The number of anilines is 1. The maximum absolute atomic E-state index is 6.29. The van der Waals surface area contributed by atoms with Crippen LogP contribution in [0.25, 0.3) is 0 Å². The minimum Gasteiger partial charge on any atom is -0.384 e. The van der Waals surface area contributed by atoms with E-state index in [9.17, 15) is 0 Å². The maximum atomic E-state index is 6.29. The molecule has 0 amide bonds. The van der Waals surface area contributed by atoms with Crippen molar-refractivity contribution in [2.24, 2.45) is 0 Å². The molecule has 2 saturated carbocycles. The summed E-state index contributed by atoms with van der Waals surface area (Å²) in [5.74, 6) is 3.45. The van der Waals surface area contributed by atoms with Gasteiger partial charge in [0.1, 0.15) is 11.6 Å². The van der Waals surface area contributed by atoms with E-state index in [0.29, 0.717) is 17.9 Å². The van der Waals surface area contributed by atoms with Crippen molar-refractivity contribution in [1.82, 2.24) is 9.55 Å². The molecule has 0 aromatic carbocycles. The topological polar surface area (TPSA) is 43.8 Å². The van der Waals surface area contributed by atoms with Crippen molar-refractivity contribution < 1.29 is 0 Å². The number of nitrogen functional groups attached to an aromatic ring is 1. The highest BCUT2D eigenvalue weighted by atomic mass is 15.2. The zero-order valence-electron chi connectivity index (χ0n) is 10.2. The average Bonchev–Trinajstić information content (AvgIpc) is 3.14. The van der Waals surface area contributed by atoms with Gasteiger partial charge in [0, 0.05) is 17.9 Å². The second-order valence-electron chi connectivity index (χ2n) is 5.43. The molecule has 0 saturated heterocycles. The quantitative estimate of drug-likeness (QED) is 0.845. The van der Waals surface area contributed by atoms with Gasteiger partial charge in [-0.25, -0.2) is 4.98 Å². The molecule has 1 aromatic rings. The van der Waals surface area contributed by atoms with Gasteiger partial charge in [-0.05, 0) is 32.1 Å². The van der Waals surface area contributed by atoms with Crippen LogP contribution >= 0.6 is 0 Å². The zero-order valence-corrected chi connectivity index (χ0v) is 10.2. The monoisotopic (exact) mass is 219 g/mol. The standard InChI is InChI=1S/C13H21N3/c1-3-8(2)11-12(14)16(10-6-7-10)13(15-11)9-4-5-9/h8-10H,3-7,14H2,1-2H3. The Morgan fingerprint density at radius 1 is 1.38 bits per heavy atom. The van der Waals surface area contributed by atoms with Crippen molar-refractivity contribution in [3.8, 4) is 0 Å². The summed E-state index contributed by atoms with van der Waals surface area (Å²) in [4.78, 5) is 4.84. The van der Waals surface area contributed by atoms with Gasteiger partial charge in [-0.15, -0.1) is 0 Å². The first-order valence-corrected chi connectivity index (χ1v) is 6.59. The molecule has 2 fully saturated rings. The van der Waals surface area contributed by atoms with Crippen LogP contribution in [-0.4, -0.2) is 9.55 Å². The molecule has 1 atom stereocenters. The predicted molar refractivity (Wildman–Crippen MR) is 65.6 cm³/mol. The summed E-state index contributed by atoms with van der Waals surface area (Å²) in [6.45, 7) is 4.43. The third-order valence-electron chi connectivity index (χ3n) is 3.94. The smallest absolute Gasteiger partial charge is 0.127 e. The van der Waals surface area contributed by atoms with Gasteiger partial charge in [0.05, 0.1) is 5.69 Å². The van der Waals surface area contributed by atoms with Crippen LogP contribution in [0.3, 0.4) is 0 Å². The van der Waals surface area contributed by atoms with Gasteiger partial charge < -0.3 is 10.3 Å². The Balaban J connectivity index is 2.02. The fourth-order valence-corrected chi connectivity index (χ4v) is 2.38. The van der Waals surface area contributed by atoms with Gasteiger partial charge in [-0.1, -0.05) is 13.8 Å². The molecule has 1 aromatic heterocycles. The summed E-state index contributed by atoms with van der Waals surface area (Å²) < 4.78 is 2.35. The van der Waals surface area contributed by atoms with Gasteiger partial charge in [-0.2, -0.15) is 0 Å². The molecular formula is C13H21N3. The van der Waals surface area contributed by atoms with E-state index in [4.69, 9.17) is 10.7 Å². The average molecular weight is 219 g/mol. The van der Waals surface area contributed by atoms with Crippen molar-refractivity contribution in [2.45, 2.75) is 63.8 Å².